The van der Waals surface area contributed by atoms with Crippen LogP contribution in [-0.4, -0.2) is 6.71 Å². The average Bonchev–Trinajstić information content (AvgIpc) is 1.27. The molecule has 0 radical (unpaired) electrons. The van der Waals surface area contributed by atoms with E-state index < -0.39 is 5.41 Å². The van der Waals surface area contributed by atoms with Crippen molar-refractivity contribution >= 4 is 57.2 Å². The summed E-state index contributed by atoms with van der Waals surface area (Å²) in [6.45, 7) is 14.0. The van der Waals surface area contributed by atoms with Crippen LogP contribution in [0.25, 0.3) is 55.6 Å². The molecule has 402 valence electrons. The Kier molecular flexibility index (Phi) is 12.0. The van der Waals surface area contributed by atoms with Gasteiger partial charge in [-0.15, -0.1) is 0 Å². The highest BCUT2D eigenvalue weighted by Crippen LogP contribution is 2.59. The summed E-state index contributed by atoms with van der Waals surface area (Å²) in [6, 6.07) is 108. The first kappa shape index (κ1) is 51.2. The molecule has 3 heteroatoms. The average molecular weight is 1080 g/mol. The Morgan fingerprint density at radius 1 is 0.298 bits per heavy atom. The van der Waals surface area contributed by atoms with E-state index in [-0.39, 0.29) is 17.5 Å². The van der Waals surface area contributed by atoms with Crippen LogP contribution in [0.5, 0.6) is 0 Å². The zero-order valence-corrected chi connectivity index (χ0v) is 48.6. The molecule has 0 unspecified atom stereocenters. The number of rotatable bonds is 8. The Labute approximate surface area is 496 Å². The third kappa shape index (κ3) is 8.00. The van der Waals surface area contributed by atoms with E-state index in [1.54, 1.807) is 0 Å². The Morgan fingerprint density at radius 2 is 0.738 bits per heavy atom. The first-order chi connectivity index (χ1) is 41.0. The fourth-order valence-corrected chi connectivity index (χ4v) is 14.3. The van der Waals surface area contributed by atoms with Crippen LogP contribution < -0.4 is 26.2 Å². The minimum atomic E-state index is -0.585. The van der Waals surface area contributed by atoms with Crippen LogP contribution in [0.4, 0.5) is 34.1 Å². The lowest BCUT2D eigenvalue weighted by molar-refractivity contribution is 0.590. The molecule has 1 aliphatic carbocycles. The lowest BCUT2D eigenvalue weighted by atomic mass is 9.33. The number of hydrogen-bond donors (Lipinski definition) is 0. The van der Waals surface area contributed by atoms with E-state index in [2.05, 4.69) is 336 Å². The van der Waals surface area contributed by atoms with Gasteiger partial charge >= 0.3 is 0 Å². The highest BCUT2D eigenvalue weighted by atomic mass is 15.2. The van der Waals surface area contributed by atoms with Gasteiger partial charge in [0.2, 0.25) is 0 Å². The molecular formula is C81H65BN2. The monoisotopic (exact) mass is 1080 g/mol. The van der Waals surface area contributed by atoms with Crippen LogP contribution in [0.2, 0.25) is 0 Å². The van der Waals surface area contributed by atoms with Crippen molar-refractivity contribution in [1.29, 1.82) is 0 Å². The highest BCUT2D eigenvalue weighted by Gasteiger charge is 2.49. The second kappa shape index (κ2) is 19.7. The summed E-state index contributed by atoms with van der Waals surface area (Å²) < 4.78 is 0. The maximum Gasteiger partial charge on any atom is 0.252 e. The molecular weight excluding hydrogens is 1010 g/mol. The van der Waals surface area contributed by atoms with Crippen LogP contribution in [-0.2, 0) is 16.2 Å². The molecule has 2 aliphatic heterocycles. The quantitative estimate of drug-likeness (QED) is 0.140. The Morgan fingerprint density at radius 3 is 1.32 bits per heavy atom. The van der Waals surface area contributed by atoms with Gasteiger partial charge in [-0.05, 0) is 142 Å². The van der Waals surface area contributed by atoms with Gasteiger partial charge in [0.05, 0.1) is 16.8 Å². The van der Waals surface area contributed by atoms with Gasteiger partial charge in [0.15, 0.2) is 0 Å². The van der Waals surface area contributed by atoms with Crippen LogP contribution >= 0.6 is 0 Å². The molecule has 0 amide bonds. The van der Waals surface area contributed by atoms with Crippen molar-refractivity contribution in [2.24, 2.45) is 0 Å². The molecule has 2 heterocycles. The molecule has 0 aromatic heterocycles. The van der Waals surface area contributed by atoms with Crippen molar-refractivity contribution in [3.05, 3.63) is 318 Å². The molecule has 0 saturated heterocycles. The SMILES string of the molecule is CC(C)(C)c1cc(-c2ccccc2)c(N2c3ccccc3B3c4cc(-c5cccc6c5C(c5ccccc5)(c5ccccc5)c5ccccc5-6)ccc4N(c4ccccc4-c4ccccc4)c4cc(C(C)(C)C)cc2c43)c(-c2ccccc2)c1. The van der Waals surface area contributed by atoms with Crippen molar-refractivity contribution in [2.45, 2.75) is 57.8 Å². The molecule has 0 fully saturated rings. The van der Waals surface area contributed by atoms with E-state index in [1.807, 2.05) is 0 Å². The van der Waals surface area contributed by atoms with Gasteiger partial charge in [-0.25, -0.2) is 0 Å². The lowest BCUT2D eigenvalue weighted by Crippen LogP contribution is -2.61. The number of fused-ring (bicyclic) bond motifs is 7. The molecule has 0 N–H and O–H groups in total. The lowest BCUT2D eigenvalue weighted by Gasteiger charge is -2.46. The molecule has 0 bridgehead atoms. The zero-order chi connectivity index (χ0) is 56.9. The van der Waals surface area contributed by atoms with Crippen LogP contribution in [0.1, 0.15) is 74.9 Å². The second-order valence-corrected chi connectivity index (χ2v) is 25.2. The number of nitrogens with zero attached hydrogens (tertiary/aromatic N) is 2. The topological polar surface area (TPSA) is 6.48 Å². The summed E-state index contributed by atoms with van der Waals surface area (Å²) >= 11 is 0. The predicted octanol–water partition coefficient (Wildman–Crippen LogP) is 19.4. The Bertz CT molecular complexity index is 4400. The van der Waals surface area contributed by atoms with Crippen molar-refractivity contribution in [3.8, 4) is 55.6 Å². The second-order valence-electron chi connectivity index (χ2n) is 25.2. The summed E-state index contributed by atoms with van der Waals surface area (Å²) in [5.41, 5.74) is 29.8. The number of hydrogen-bond acceptors (Lipinski definition) is 2. The summed E-state index contributed by atoms with van der Waals surface area (Å²) in [4.78, 5) is 5.29. The van der Waals surface area contributed by atoms with Crippen molar-refractivity contribution in [3.63, 3.8) is 0 Å². The molecule has 12 aromatic rings. The van der Waals surface area contributed by atoms with Crippen LogP contribution in [0.3, 0.4) is 0 Å². The Balaban J connectivity index is 1.07. The maximum absolute atomic E-state index is 2.67. The fourth-order valence-electron chi connectivity index (χ4n) is 14.3. The van der Waals surface area contributed by atoms with E-state index in [1.165, 1.54) is 134 Å². The predicted molar refractivity (Wildman–Crippen MR) is 357 cm³/mol. The molecule has 2 nitrogen and oxygen atoms in total. The van der Waals surface area contributed by atoms with Crippen molar-refractivity contribution in [1.82, 2.24) is 0 Å². The molecule has 0 spiro atoms. The minimum absolute atomic E-state index is 0.126. The Hall–Kier alpha value is -9.70. The maximum atomic E-state index is 2.67. The summed E-state index contributed by atoms with van der Waals surface area (Å²) in [7, 11) is 0. The number of benzene rings is 12. The highest BCUT2D eigenvalue weighted by molar-refractivity contribution is 7.00. The molecule has 84 heavy (non-hydrogen) atoms. The fraction of sp³-hybridized carbons (Fsp3) is 0.111. The molecule has 0 atom stereocenters. The van der Waals surface area contributed by atoms with Gasteiger partial charge in [-0.3, -0.25) is 0 Å². The van der Waals surface area contributed by atoms with E-state index in [4.69, 9.17) is 0 Å². The normalized spacial score (nSPS) is 13.6. The summed E-state index contributed by atoms with van der Waals surface area (Å²) in [5.74, 6) is 0. The van der Waals surface area contributed by atoms with Gasteiger partial charge in [-0.1, -0.05) is 284 Å². The van der Waals surface area contributed by atoms with E-state index in [0.29, 0.717) is 0 Å². The molecule has 12 aromatic carbocycles. The van der Waals surface area contributed by atoms with Crippen molar-refractivity contribution in [2.75, 3.05) is 9.80 Å². The first-order valence-electron chi connectivity index (χ1n) is 29.8. The molecule has 3 aliphatic rings. The zero-order valence-electron chi connectivity index (χ0n) is 48.6. The van der Waals surface area contributed by atoms with Crippen LogP contribution in [0, 0.1) is 0 Å². The van der Waals surface area contributed by atoms with Gasteiger partial charge in [0.1, 0.15) is 0 Å². The van der Waals surface area contributed by atoms with E-state index in [0.717, 1.165) is 5.69 Å². The van der Waals surface area contributed by atoms with Crippen molar-refractivity contribution < 1.29 is 0 Å². The summed E-state index contributed by atoms with van der Waals surface area (Å²) in [5, 5.41) is 0. The van der Waals surface area contributed by atoms with Gasteiger partial charge in [0.25, 0.3) is 6.71 Å². The molecule has 0 saturated carbocycles. The summed E-state index contributed by atoms with van der Waals surface area (Å²) in [6.07, 6.45) is 0. The molecule has 15 rings (SSSR count). The van der Waals surface area contributed by atoms with Gasteiger partial charge in [0, 0.05) is 39.4 Å². The van der Waals surface area contributed by atoms with Gasteiger partial charge < -0.3 is 9.80 Å². The van der Waals surface area contributed by atoms with E-state index in [9.17, 15) is 0 Å². The third-order valence-electron chi connectivity index (χ3n) is 18.2. The third-order valence-corrected chi connectivity index (χ3v) is 18.2. The van der Waals surface area contributed by atoms with Crippen LogP contribution in [0.15, 0.2) is 285 Å². The first-order valence-corrected chi connectivity index (χ1v) is 29.8. The van der Waals surface area contributed by atoms with E-state index >= 15 is 0 Å². The smallest absolute Gasteiger partial charge is 0.252 e. The largest absolute Gasteiger partial charge is 0.311 e. The minimum Gasteiger partial charge on any atom is -0.311 e. The van der Waals surface area contributed by atoms with Gasteiger partial charge in [-0.2, -0.15) is 0 Å². The standard InChI is InChI=1S/C81H65BN2/c1-79(2,3)60-50-66(55-31-14-8-15-32-55)78(67(51-60)56-33-16-9-17-34-56)84-72-46-27-25-44-69(72)82-70-49-57(63-41-28-42-65-64-40-22-24-43-68(64)81(76(63)65,58-35-18-10-19-36-58)59-37-20-11-21-38-59)47-48-73(70)83(74-52-61(80(4,5)6)53-75(84)77(74)82)71-45-26-23-39-62(71)54-29-12-7-13-30-54/h7-53H,1-6H3. The number of para-hydroxylation sites is 2. The number of anilines is 6.